The molecule has 1 fully saturated rings. The number of carbonyl (C=O) groups is 1. The summed E-state index contributed by atoms with van der Waals surface area (Å²) in [6.07, 6.45) is 1.84. The molecule has 5 heteroatoms. The average molecular weight is 392 g/mol. The number of aliphatic hydroxyl groups excluding tert-OH is 1. The summed E-state index contributed by atoms with van der Waals surface area (Å²) in [4.78, 5) is 11.6. The Hall–Kier alpha value is -2.27. The minimum Gasteiger partial charge on any atom is -0.493 e. The third kappa shape index (κ3) is 7.04. The van der Waals surface area contributed by atoms with Crippen LogP contribution in [-0.2, 0) is 14.3 Å². The summed E-state index contributed by atoms with van der Waals surface area (Å²) in [7, 11) is 1.60. The lowest BCUT2D eigenvalue weighted by molar-refractivity contribution is -0.116. The number of aliphatic hydroxyl groups is 1. The van der Waals surface area contributed by atoms with E-state index in [1.807, 2.05) is 54.5 Å². The second kappa shape index (κ2) is 11.5. The van der Waals surface area contributed by atoms with Gasteiger partial charge in [-0.05, 0) is 43.6 Å². The van der Waals surface area contributed by atoms with Gasteiger partial charge in [0.1, 0.15) is 0 Å². The molecular formula is C23H37NO4. The second-order valence-corrected chi connectivity index (χ2v) is 7.45. The Labute approximate surface area is 170 Å². The van der Waals surface area contributed by atoms with E-state index in [1.54, 1.807) is 7.11 Å². The van der Waals surface area contributed by atoms with E-state index >= 15 is 0 Å². The predicted molar refractivity (Wildman–Crippen MR) is 116 cm³/mol. The lowest BCUT2D eigenvalue weighted by atomic mass is 9.96. The number of hydrogen-bond donors (Lipinski definition) is 2. The van der Waals surface area contributed by atoms with Crippen molar-refractivity contribution in [2.75, 3.05) is 26.9 Å². The van der Waals surface area contributed by atoms with Gasteiger partial charge in [-0.2, -0.15) is 0 Å². The maximum atomic E-state index is 11.6. The van der Waals surface area contributed by atoms with E-state index in [9.17, 15) is 9.90 Å². The van der Waals surface area contributed by atoms with Crippen LogP contribution < -0.4 is 5.32 Å². The van der Waals surface area contributed by atoms with Crippen LogP contribution in [0.4, 0.5) is 0 Å². The van der Waals surface area contributed by atoms with Gasteiger partial charge in [-0.1, -0.05) is 40.9 Å². The molecule has 1 saturated heterocycles. The molecule has 0 spiro atoms. The van der Waals surface area contributed by atoms with E-state index in [4.69, 9.17) is 9.47 Å². The molecule has 1 aliphatic heterocycles. The molecule has 1 amide bonds. The summed E-state index contributed by atoms with van der Waals surface area (Å²) < 4.78 is 11.6. The summed E-state index contributed by atoms with van der Waals surface area (Å²) in [6, 6.07) is 0. The van der Waals surface area contributed by atoms with E-state index in [0.29, 0.717) is 35.8 Å². The normalized spacial score (nSPS) is 16.0. The largest absolute Gasteiger partial charge is 0.493 e. The fourth-order valence-electron chi connectivity index (χ4n) is 2.32. The minimum atomic E-state index is -0.387. The van der Waals surface area contributed by atoms with Crippen LogP contribution in [0.25, 0.3) is 0 Å². The van der Waals surface area contributed by atoms with E-state index in [1.165, 1.54) is 0 Å². The van der Waals surface area contributed by atoms with Crippen molar-refractivity contribution in [3.63, 3.8) is 0 Å². The monoisotopic (exact) mass is 391 g/mol. The van der Waals surface area contributed by atoms with Gasteiger partial charge in [0.25, 0.3) is 5.91 Å². The molecule has 0 atom stereocenters. The van der Waals surface area contributed by atoms with Gasteiger partial charge in [0.2, 0.25) is 0 Å². The molecule has 0 unspecified atom stereocenters. The Bertz CT molecular complexity index is 689. The standard InChI is InChI=1S/C21H31NO4.C2H6/c1-13(2)18(25-8)19(26-12-21(6,7)11-23)15(4)14(3)9-17-10-22-20(24)16(17)5;1-2/h9,23H,3,5,10-12H2,1-2,4,6-8H3,(H,22,24);1-2H3/b17-9-,19-15-;. The van der Waals surface area contributed by atoms with Gasteiger partial charge in [0.15, 0.2) is 11.5 Å². The quantitative estimate of drug-likeness (QED) is 0.365. The highest BCUT2D eigenvalue weighted by Crippen LogP contribution is 2.28. The molecule has 0 saturated carbocycles. The van der Waals surface area contributed by atoms with Gasteiger partial charge in [-0.15, -0.1) is 0 Å². The molecule has 1 heterocycles. The molecule has 158 valence electrons. The van der Waals surface area contributed by atoms with Crippen LogP contribution in [-0.4, -0.2) is 37.9 Å². The van der Waals surface area contributed by atoms with E-state index < -0.39 is 0 Å². The van der Waals surface area contributed by atoms with Gasteiger partial charge < -0.3 is 19.9 Å². The Balaban J connectivity index is 0.00000352. The number of hydrogen-bond acceptors (Lipinski definition) is 4. The molecule has 1 rings (SSSR count). The zero-order valence-corrected chi connectivity index (χ0v) is 18.8. The lowest BCUT2D eigenvalue weighted by Crippen LogP contribution is -2.24. The van der Waals surface area contributed by atoms with Crippen molar-refractivity contribution < 1.29 is 19.4 Å². The zero-order chi connectivity index (χ0) is 22.1. The van der Waals surface area contributed by atoms with Crippen molar-refractivity contribution in [2.45, 2.75) is 48.5 Å². The summed E-state index contributed by atoms with van der Waals surface area (Å²) >= 11 is 0. The number of carbonyl (C=O) groups excluding carboxylic acids is 1. The summed E-state index contributed by atoms with van der Waals surface area (Å²) in [5.74, 6) is 1.06. The maximum absolute atomic E-state index is 11.6. The molecule has 0 bridgehead atoms. The summed E-state index contributed by atoms with van der Waals surface area (Å²) in [5, 5.41) is 12.2. The van der Waals surface area contributed by atoms with Crippen molar-refractivity contribution in [1.82, 2.24) is 5.32 Å². The van der Waals surface area contributed by atoms with Crippen LogP contribution in [0.2, 0.25) is 0 Å². The highest BCUT2D eigenvalue weighted by Gasteiger charge is 2.23. The first kappa shape index (κ1) is 25.7. The lowest BCUT2D eigenvalue weighted by Gasteiger charge is -2.25. The molecule has 28 heavy (non-hydrogen) atoms. The molecule has 0 aliphatic carbocycles. The number of methoxy groups -OCH3 is 1. The van der Waals surface area contributed by atoms with Crippen LogP contribution in [0.15, 0.2) is 58.6 Å². The van der Waals surface area contributed by atoms with Gasteiger partial charge in [0.05, 0.1) is 20.3 Å². The number of rotatable bonds is 8. The van der Waals surface area contributed by atoms with Crippen molar-refractivity contribution in [3.05, 3.63) is 58.6 Å². The third-order valence-electron chi connectivity index (χ3n) is 4.17. The fraction of sp³-hybridized carbons (Fsp3) is 0.522. The predicted octanol–water partition coefficient (Wildman–Crippen LogP) is 4.43. The first-order chi connectivity index (χ1) is 13.0. The third-order valence-corrected chi connectivity index (χ3v) is 4.17. The molecule has 0 aromatic heterocycles. The molecule has 1 aliphatic rings. The van der Waals surface area contributed by atoms with Crippen molar-refractivity contribution in [2.24, 2.45) is 5.41 Å². The first-order valence-electron chi connectivity index (χ1n) is 9.57. The molecule has 0 aromatic carbocycles. The van der Waals surface area contributed by atoms with Crippen LogP contribution >= 0.6 is 0 Å². The second-order valence-electron chi connectivity index (χ2n) is 7.45. The molecular weight excluding hydrogens is 354 g/mol. The van der Waals surface area contributed by atoms with Crippen LogP contribution in [0.5, 0.6) is 0 Å². The molecule has 0 aromatic rings. The van der Waals surface area contributed by atoms with Gasteiger partial charge in [-0.25, -0.2) is 0 Å². The Kier molecular flexibility index (Phi) is 10.6. The van der Waals surface area contributed by atoms with Crippen LogP contribution in [0, 0.1) is 5.41 Å². The zero-order valence-electron chi connectivity index (χ0n) is 18.8. The maximum Gasteiger partial charge on any atom is 0.251 e. The highest BCUT2D eigenvalue weighted by molar-refractivity contribution is 6.00. The topological polar surface area (TPSA) is 67.8 Å². The minimum absolute atomic E-state index is 0.00900. The van der Waals surface area contributed by atoms with Crippen molar-refractivity contribution in [3.8, 4) is 0 Å². The van der Waals surface area contributed by atoms with Gasteiger partial charge >= 0.3 is 0 Å². The molecule has 2 N–H and O–H groups in total. The molecule has 0 radical (unpaired) electrons. The number of allylic oxidation sites excluding steroid dienone is 4. The SMILES string of the molecule is C=C(/C=C1/CNC(=O)C1=C)/C(C)=C(\OCC(C)(C)CO)C(OC)=C(C)C.CC. The van der Waals surface area contributed by atoms with Gasteiger partial charge in [-0.3, -0.25) is 4.79 Å². The van der Waals surface area contributed by atoms with Crippen LogP contribution in [0.1, 0.15) is 48.5 Å². The first-order valence-corrected chi connectivity index (χ1v) is 9.57. The smallest absolute Gasteiger partial charge is 0.251 e. The van der Waals surface area contributed by atoms with Gasteiger partial charge in [0, 0.05) is 23.1 Å². The number of nitrogens with one attached hydrogen (secondary N) is 1. The fourth-order valence-corrected chi connectivity index (χ4v) is 2.32. The Morgan fingerprint density at radius 2 is 1.82 bits per heavy atom. The number of amides is 1. The Morgan fingerprint density at radius 3 is 2.21 bits per heavy atom. The van der Waals surface area contributed by atoms with Crippen molar-refractivity contribution in [1.29, 1.82) is 0 Å². The number of ether oxygens (including phenoxy) is 2. The molecule has 5 nitrogen and oxygen atoms in total. The summed E-state index contributed by atoms with van der Waals surface area (Å²) in [5.41, 5.74) is 3.36. The van der Waals surface area contributed by atoms with Crippen LogP contribution in [0.3, 0.4) is 0 Å². The van der Waals surface area contributed by atoms with E-state index in [-0.39, 0.29) is 17.9 Å². The highest BCUT2D eigenvalue weighted by atomic mass is 16.5. The summed E-state index contributed by atoms with van der Waals surface area (Å²) in [6.45, 7) is 22.3. The average Bonchev–Trinajstić information content (AvgIpc) is 2.97. The van der Waals surface area contributed by atoms with E-state index in [0.717, 1.165) is 16.7 Å². The van der Waals surface area contributed by atoms with E-state index in [2.05, 4.69) is 18.5 Å². The van der Waals surface area contributed by atoms with Crippen molar-refractivity contribution >= 4 is 5.91 Å². The Morgan fingerprint density at radius 1 is 1.25 bits per heavy atom.